The van der Waals surface area contributed by atoms with Gasteiger partial charge in [0.15, 0.2) is 0 Å². The van der Waals surface area contributed by atoms with Gasteiger partial charge in [0.2, 0.25) is 0 Å². The van der Waals surface area contributed by atoms with Gasteiger partial charge in [-0.3, -0.25) is 0 Å². The van der Waals surface area contributed by atoms with Crippen LogP contribution in [-0.4, -0.2) is 54.4 Å². The van der Waals surface area contributed by atoms with E-state index in [0.29, 0.717) is 6.54 Å². The highest BCUT2D eigenvalue weighted by molar-refractivity contribution is 5.81. The van der Waals surface area contributed by atoms with Crippen molar-refractivity contribution < 1.29 is 9.90 Å². The molecule has 2 amide bonds. The number of benzene rings is 1. The molecule has 1 aromatic rings. The molecule has 0 radical (unpaired) electrons. The van der Waals surface area contributed by atoms with Gasteiger partial charge >= 0.3 is 6.03 Å². The van der Waals surface area contributed by atoms with Gasteiger partial charge in [0.1, 0.15) is 5.75 Å². The number of amides is 2. The fraction of sp³-hybridized carbons (Fsp3) is 0.385. The van der Waals surface area contributed by atoms with E-state index >= 15 is 0 Å². The van der Waals surface area contributed by atoms with Crippen molar-refractivity contribution in [3.63, 3.8) is 0 Å². The summed E-state index contributed by atoms with van der Waals surface area (Å²) in [6.07, 6.45) is 2.34. The third-order valence-electron chi connectivity index (χ3n) is 2.47. The second kappa shape index (κ2) is 7.38. The maximum absolute atomic E-state index is 11.2. The highest BCUT2D eigenvalue weighted by atomic mass is 16.3. The fourth-order valence-corrected chi connectivity index (χ4v) is 1.46. The number of hydrogen-bond donors (Lipinski definition) is 2. The number of hydrogen-bond acceptors (Lipinski definition) is 4. The Kier molecular flexibility index (Phi) is 5.81. The number of phenolic OH excluding ortho intramolecular Hbond substituents is 1. The summed E-state index contributed by atoms with van der Waals surface area (Å²) in [5.74, 6) is 0.190. The van der Waals surface area contributed by atoms with Gasteiger partial charge in [0.05, 0.1) is 6.21 Å². The van der Waals surface area contributed by atoms with Crippen molar-refractivity contribution in [1.82, 2.24) is 9.91 Å². The van der Waals surface area contributed by atoms with E-state index in [0.717, 1.165) is 18.5 Å². The summed E-state index contributed by atoms with van der Waals surface area (Å²) in [4.78, 5) is 13.3. The first-order valence-corrected chi connectivity index (χ1v) is 6.04. The minimum atomic E-state index is -0.575. The number of nitrogens with two attached hydrogens (primary N) is 1. The molecule has 0 aliphatic rings. The van der Waals surface area contributed by atoms with E-state index in [9.17, 15) is 4.79 Å². The lowest BCUT2D eigenvalue weighted by molar-refractivity contribution is 0.207. The van der Waals surface area contributed by atoms with E-state index in [-0.39, 0.29) is 5.75 Å². The van der Waals surface area contributed by atoms with Gasteiger partial charge in [0.25, 0.3) is 0 Å². The van der Waals surface area contributed by atoms with Gasteiger partial charge in [-0.05, 0) is 56.9 Å². The molecule has 1 aromatic carbocycles. The van der Waals surface area contributed by atoms with Crippen LogP contribution in [0.4, 0.5) is 4.79 Å². The molecule has 0 aromatic heterocycles. The lowest BCUT2D eigenvalue weighted by atomic mass is 10.2. The summed E-state index contributed by atoms with van der Waals surface area (Å²) >= 11 is 0. The van der Waals surface area contributed by atoms with Crippen molar-refractivity contribution >= 4 is 12.2 Å². The van der Waals surface area contributed by atoms with E-state index in [4.69, 9.17) is 10.8 Å². The first kappa shape index (κ1) is 15.0. The molecule has 6 nitrogen and oxygen atoms in total. The lowest BCUT2D eigenvalue weighted by Gasteiger charge is -2.16. The van der Waals surface area contributed by atoms with Crippen molar-refractivity contribution in [2.75, 3.05) is 27.2 Å². The average molecular weight is 264 g/mol. The van der Waals surface area contributed by atoms with Crippen LogP contribution in [0.3, 0.4) is 0 Å². The highest BCUT2D eigenvalue weighted by Crippen LogP contribution is 2.08. The summed E-state index contributed by atoms with van der Waals surface area (Å²) in [5.41, 5.74) is 6.05. The summed E-state index contributed by atoms with van der Waals surface area (Å²) in [5, 5.41) is 14.4. The molecule has 0 atom stereocenters. The Hall–Kier alpha value is -2.08. The molecule has 19 heavy (non-hydrogen) atoms. The number of carbonyl (C=O) groups excluding carboxylic acids is 1. The van der Waals surface area contributed by atoms with Gasteiger partial charge in [-0.25, -0.2) is 9.80 Å². The number of urea groups is 1. The monoisotopic (exact) mass is 264 g/mol. The molecule has 0 bridgehead atoms. The van der Waals surface area contributed by atoms with Gasteiger partial charge in [0, 0.05) is 6.54 Å². The predicted octanol–water partition coefficient (Wildman–Crippen LogP) is 1.06. The number of phenols is 1. The molecule has 0 aliphatic carbocycles. The molecule has 0 saturated heterocycles. The third kappa shape index (κ3) is 5.87. The molecule has 3 N–H and O–H groups in total. The number of rotatable bonds is 6. The number of carbonyl (C=O) groups is 1. The van der Waals surface area contributed by atoms with Crippen LogP contribution < -0.4 is 5.73 Å². The first-order valence-electron chi connectivity index (χ1n) is 6.04. The van der Waals surface area contributed by atoms with Crippen LogP contribution in [-0.2, 0) is 0 Å². The van der Waals surface area contributed by atoms with Gasteiger partial charge in [-0.1, -0.05) is 0 Å². The van der Waals surface area contributed by atoms with Gasteiger partial charge < -0.3 is 15.7 Å². The predicted molar refractivity (Wildman–Crippen MR) is 75.2 cm³/mol. The number of primary amides is 1. The van der Waals surface area contributed by atoms with Gasteiger partial charge in [-0.15, -0.1) is 0 Å². The smallest absolute Gasteiger partial charge is 0.335 e. The largest absolute Gasteiger partial charge is 0.508 e. The average Bonchev–Trinajstić information content (AvgIpc) is 2.34. The van der Waals surface area contributed by atoms with E-state index in [1.54, 1.807) is 30.5 Å². The SMILES string of the molecule is CN(C)CCCN(/N=C\c1ccc(O)cc1)C(N)=O. The van der Waals surface area contributed by atoms with Crippen LogP contribution in [0, 0.1) is 0 Å². The second-order valence-corrected chi connectivity index (χ2v) is 4.45. The minimum absolute atomic E-state index is 0.190. The van der Waals surface area contributed by atoms with Crippen molar-refractivity contribution in [3.05, 3.63) is 29.8 Å². The molecule has 104 valence electrons. The lowest BCUT2D eigenvalue weighted by Crippen LogP contribution is -2.33. The van der Waals surface area contributed by atoms with Crippen LogP contribution >= 0.6 is 0 Å². The molecule has 0 aliphatic heterocycles. The number of aromatic hydroxyl groups is 1. The van der Waals surface area contributed by atoms with Crippen LogP contribution in [0.2, 0.25) is 0 Å². The van der Waals surface area contributed by atoms with Crippen molar-refractivity contribution in [2.45, 2.75) is 6.42 Å². The van der Waals surface area contributed by atoms with E-state index < -0.39 is 6.03 Å². The van der Waals surface area contributed by atoms with E-state index in [2.05, 4.69) is 5.10 Å². The van der Waals surface area contributed by atoms with Crippen molar-refractivity contribution in [3.8, 4) is 5.75 Å². The Morgan fingerprint density at radius 3 is 2.47 bits per heavy atom. The topological polar surface area (TPSA) is 82.2 Å². The molecular formula is C13H20N4O2. The number of nitrogens with zero attached hydrogens (tertiary/aromatic N) is 3. The van der Waals surface area contributed by atoms with E-state index in [1.165, 1.54) is 5.01 Å². The Morgan fingerprint density at radius 1 is 1.32 bits per heavy atom. The Balaban J connectivity index is 2.57. The van der Waals surface area contributed by atoms with Crippen LogP contribution in [0.25, 0.3) is 0 Å². The summed E-state index contributed by atoms with van der Waals surface area (Å²) in [6.45, 7) is 1.33. The molecule has 0 unspecified atom stereocenters. The molecule has 1 rings (SSSR count). The summed E-state index contributed by atoms with van der Waals surface area (Å²) in [7, 11) is 3.93. The standard InChI is InChI=1S/C13H20N4O2/c1-16(2)8-3-9-17(13(14)19)15-10-11-4-6-12(18)7-5-11/h4-7,10,18H,3,8-9H2,1-2H3,(H2,14,19)/b15-10-. The zero-order valence-electron chi connectivity index (χ0n) is 11.3. The van der Waals surface area contributed by atoms with Crippen molar-refractivity contribution in [2.24, 2.45) is 10.8 Å². The third-order valence-corrected chi connectivity index (χ3v) is 2.47. The fourth-order valence-electron chi connectivity index (χ4n) is 1.46. The summed E-state index contributed by atoms with van der Waals surface area (Å²) < 4.78 is 0. The molecule has 6 heteroatoms. The Bertz CT molecular complexity index is 429. The van der Waals surface area contributed by atoms with Crippen LogP contribution in [0.5, 0.6) is 5.75 Å². The molecule has 0 saturated carbocycles. The highest BCUT2D eigenvalue weighted by Gasteiger charge is 2.06. The normalized spacial score (nSPS) is 11.1. The minimum Gasteiger partial charge on any atom is -0.508 e. The van der Waals surface area contributed by atoms with Crippen LogP contribution in [0.15, 0.2) is 29.4 Å². The molecule has 0 fully saturated rings. The number of hydrazone groups is 1. The van der Waals surface area contributed by atoms with Crippen LogP contribution in [0.1, 0.15) is 12.0 Å². The maximum Gasteiger partial charge on any atom is 0.335 e. The zero-order chi connectivity index (χ0) is 14.3. The van der Waals surface area contributed by atoms with E-state index in [1.807, 2.05) is 19.0 Å². The molecule has 0 heterocycles. The molecular weight excluding hydrogens is 244 g/mol. The van der Waals surface area contributed by atoms with Gasteiger partial charge in [-0.2, -0.15) is 5.10 Å². The molecule has 0 spiro atoms. The maximum atomic E-state index is 11.2. The van der Waals surface area contributed by atoms with Crippen molar-refractivity contribution in [1.29, 1.82) is 0 Å². The summed E-state index contributed by atoms with van der Waals surface area (Å²) in [6, 6.07) is 5.95. The first-order chi connectivity index (χ1) is 8.99. The quantitative estimate of drug-likeness (QED) is 0.595. The second-order valence-electron chi connectivity index (χ2n) is 4.45. The Labute approximate surface area is 113 Å². The zero-order valence-corrected chi connectivity index (χ0v) is 11.3. The Morgan fingerprint density at radius 2 is 1.95 bits per heavy atom.